The quantitative estimate of drug-likeness (QED) is 0.597. The second-order valence-corrected chi connectivity index (χ2v) is 5.93. The highest BCUT2D eigenvalue weighted by Crippen LogP contribution is 2.36. The Bertz CT molecular complexity index is 406. The van der Waals surface area contributed by atoms with E-state index in [1.165, 1.54) is 18.9 Å². The van der Waals surface area contributed by atoms with Crippen molar-refractivity contribution in [1.29, 1.82) is 0 Å². The van der Waals surface area contributed by atoms with Crippen molar-refractivity contribution in [3.8, 4) is 0 Å². The van der Waals surface area contributed by atoms with Crippen LogP contribution >= 0.6 is 15.9 Å². The first kappa shape index (κ1) is 14.9. The SMILES string of the molecule is CCOC(C1CC1)C(Cc1cc(F)cc(Br)c1)NN. The molecule has 0 bridgehead atoms. The van der Waals surface area contributed by atoms with Gasteiger partial charge in [0.1, 0.15) is 5.82 Å². The normalized spacial score (nSPS) is 18.3. The molecule has 19 heavy (non-hydrogen) atoms. The molecule has 0 aliphatic heterocycles. The molecule has 0 aromatic heterocycles. The molecule has 1 saturated carbocycles. The van der Waals surface area contributed by atoms with Gasteiger partial charge in [0, 0.05) is 11.1 Å². The summed E-state index contributed by atoms with van der Waals surface area (Å²) in [6, 6.07) is 4.94. The number of hydrogen-bond donors (Lipinski definition) is 2. The number of nitrogens with one attached hydrogen (secondary N) is 1. The Labute approximate surface area is 121 Å². The molecule has 5 heteroatoms. The van der Waals surface area contributed by atoms with Gasteiger partial charge >= 0.3 is 0 Å². The Hall–Kier alpha value is -0.490. The van der Waals surface area contributed by atoms with Gasteiger partial charge in [-0.2, -0.15) is 0 Å². The van der Waals surface area contributed by atoms with Crippen molar-refractivity contribution >= 4 is 15.9 Å². The zero-order valence-corrected chi connectivity index (χ0v) is 12.6. The van der Waals surface area contributed by atoms with Gasteiger partial charge in [0.05, 0.1) is 12.1 Å². The Morgan fingerprint density at radius 3 is 2.74 bits per heavy atom. The fraction of sp³-hybridized carbons (Fsp3) is 0.571. The first-order valence-corrected chi connectivity index (χ1v) is 7.46. The van der Waals surface area contributed by atoms with E-state index in [4.69, 9.17) is 10.6 Å². The third kappa shape index (κ3) is 4.24. The number of rotatable bonds is 7. The second kappa shape index (κ2) is 6.79. The molecular weight excluding hydrogens is 311 g/mol. The van der Waals surface area contributed by atoms with Crippen LogP contribution in [0.1, 0.15) is 25.3 Å². The number of ether oxygens (including phenoxy) is 1. The highest BCUT2D eigenvalue weighted by Gasteiger charge is 2.36. The van der Waals surface area contributed by atoms with Gasteiger partial charge in [-0.25, -0.2) is 4.39 Å². The minimum Gasteiger partial charge on any atom is -0.377 e. The first-order chi connectivity index (χ1) is 9.13. The minimum atomic E-state index is -0.237. The molecule has 2 unspecified atom stereocenters. The van der Waals surface area contributed by atoms with Gasteiger partial charge in [0.25, 0.3) is 0 Å². The average molecular weight is 331 g/mol. The van der Waals surface area contributed by atoms with E-state index in [1.54, 1.807) is 6.07 Å². The molecule has 0 saturated heterocycles. The lowest BCUT2D eigenvalue weighted by Crippen LogP contribution is -2.47. The lowest BCUT2D eigenvalue weighted by Gasteiger charge is -2.26. The summed E-state index contributed by atoms with van der Waals surface area (Å²) in [7, 11) is 0. The van der Waals surface area contributed by atoms with Crippen LogP contribution in [0, 0.1) is 11.7 Å². The molecule has 1 aliphatic rings. The predicted octanol–water partition coefficient (Wildman–Crippen LogP) is 2.78. The van der Waals surface area contributed by atoms with Crippen LogP contribution in [0.3, 0.4) is 0 Å². The minimum absolute atomic E-state index is 0.0150. The molecule has 3 N–H and O–H groups in total. The Morgan fingerprint density at radius 1 is 1.47 bits per heavy atom. The summed E-state index contributed by atoms with van der Waals surface area (Å²) < 4.78 is 19.9. The maximum Gasteiger partial charge on any atom is 0.124 e. The summed E-state index contributed by atoms with van der Waals surface area (Å²) in [6.45, 7) is 2.66. The topological polar surface area (TPSA) is 47.3 Å². The van der Waals surface area contributed by atoms with Gasteiger partial charge in [0.2, 0.25) is 0 Å². The summed E-state index contributed by atoms with van der Waals surface area (Å²) in [6.07, 6.45) is 3.15. The van der Waals surface area contributed by atoms with E-state index in [-0.39, 0.29) is 18.0 Å². The van der Waals surface area contributed by atoms with E-state index >= 15 is 0 Å². The van der Waals surface area contributed by atoms with E-state index in [0.717, 1.165) is 10.0 Å². The van der Waals surface area contributed by atoms with Crippen molar-refractivity contribution in [3.05, 3.63) is 34.1 Å². The Morgan fingerprint density at radius 2 is 2.21 bits per heavy atom. The molecule has 1 aromatic rings. The number of hydrazine groups is 1. The molecule has 0 heterocycles. The maximum atomic E-state index is 13.4. The third-order valence-corrected chi connectivity index (χ3v) is 3.89. The number of benzene rings is 1. The van der Waals surface area contributed by atoms with Gasteiger partial charge in [-0.15, -0.1) is 0 Å². The van der Waals surface area contributed by atoms with Crippen molar-refractivity contribution in [2.75, 3.05) is 6.61 Å². The molecule has 2 rings (SSSR count). The molecule has 1 aliphatic carbocycles. The first-order valence-electron chi connectivity index (χ1n) is 6.66. The van der Waals surface area contributed by atoms with Crippen LogP contribution in [0.4, 0.5) is 4.39 Å². The molecule has 2 atom stereocenters. The largest absolute Gasteiger partial charge is 0.377 e. The molecule has 0 amide bonds. The van der Waals surface area contributed by atoms with Crippen LogP contribution in [0.2, 0.25) is 0 Å². The summed E-state index contributed by atoms with van der Waals surface area (Å²) in [5, 5.41) is 0. The van der Waals surface area contributed by atoms with Crippen molar-refractivity contribution in [2.24, 2.45) is 11.8 Å². The van der Waals surface area contributed by atoms with Crippen LogP contribution in [0.15, 0.2) is 22.7 Å². The third-order valence-electron chi connectivity index (χ3n) is 3.43. The number of halogens is 2. The molecule has 0 spiro atoms. The maximum absolute atomic E-state index is 13.4. The smallest absolute Gasteiger partial charge is 0.124 e. The Kier molecular flexibility index (Phi) is 5.33. The molecule has 106 valence electrons. The monoisotopic (exact) mass is 330 g/mol. The Balaban J connectivity index is 2.08. The lowest BCUT2D eigenvalue weighted by molar-refractivity contribution is 0.0192. The molecule has 1 fully saturated rings. The average Bonchev–Trinajstić information content (AvgIpc) is 3.16. The van der Waals surface area contributed by atoms with Crippen molar-refractivity contribution < 1.29 is 9.13 Å². The van der Waals surface area contributed by atoms with E-state index in [9.17, 15) is 4.39 Å². The fourth-order valence-electron chi connectivity index (χ4n) is 2.45. The number of hydrogen-bond acceptors (Lipinski definition) is 3. The van der Waals surface area contributed by atoms with Crippen molar-refractivity contribution in [3.63, 3.8) is 0 Å². The van der Waals surface area contributed by atoms with Crippen LogP contribution in [0.5, 0.6) is 0 Å². The van der Waals surface area contributed by atoms with Gasteiger partial charge < -0.3 is 4.74 Å². The predicted molar refractivity (Wildman–Crippen MR) is 77.1 cm³/mol. The molecular formula is C14H20BrFN2O. The van der Waals surface area contributed by atoms with E-state index in [2.05, 4.69) is 21.4 Å². The van der Waals surface area contributed by atoms with E-state index in [0.29, 0.717) is 18.9 Å². The van der Waals surface area contributed by atoms with Crippen molar-refractivity contribution in [1.82, 2.24) is 5.43 Å². The van der Waals surface area contributed by atoms with Gasteiger partial charge in [-0.3, -0.25) is 11.3 Å². The summed E-state index contributed by atoms with van der Waals surface area (Å²) in [5.74, 6) is 6.00. The fourth-order valence-corrected chi connectivity index (χ4v) is 2.96. The van der Waals surface area contributed by atoms with Crippen molar-refractivity contribution in [2.45, 2.75) is 38.3 Å². The zero-order valence-electron chi connectivity index (χ0n) is 11.0. The van der Waals surface area contributed by atoms with Crippen LogP contribution in [-0.4, -0.2) is 18.8 Å². The van der Waals surface area contributed by atoms with E-state index < -0.39 is 0 Å². The number of nitrogens with two attached hydrogens (primary N) is 1. The molecule has 3 nitrogen and oxygen atoms in total. The summed E-state index contributed by atoms with van der Waals surface area (Å²) in [5.41, 5.74) is 3.75. The standard InChI is InChI=1S/C14H20BrFN2O/c1-2-19-14(10-3-4-10)13(18-17)7-9-5-11(15)8-12(16)6-9/h5-6,8,10,13-14,18H,2-4,7,17H2,1H3. The van der Waals surface area contributed by atoms with E-state index in [1.807, 2.05) is 13.0 Å². The van der Waals surface area contributed by atoms with Crippen LogP contribution in [0.25, 0.3) is 0 Å². The molecule has 1 aromatic carbocycles. The van der Waals surface area contributed by atoms with Gasteiger partial charge in [-0.05, 0) is 55.9 Å². The van der Waals surface area contributed by atoms with Crippen LogP contribution < -0.4 is 11.3 Å². The summed E-state index contributed by atoms with van der Waals surface area (Å²) in [4.78, 5) is 0. The zero-order chi connectivity index (χ0) is 13.8. The lowest BCUT2D eigenvalue weighted by atomic mass is 9.98. The van der Waals surface area contributed by atoms with Crippen LogP contribution in [-0.2, 0) is 11.2 Å². The van der Waals surface area contributed by atoms with Gasteiger partial charge in [0.15, 0.2) is 0 Å². The highest BCUT2D eigenvalue weighted by molar-refractivity contribution is 9.10. The van der Waals surface area contributed by atoms with Gasteiger partial charge in [-0.1, -0.05) is 15.9 Å². The highest BCUT2D eigenvalue weighted by atomic mass is 79.9. The molecule has 0 radical (unpaired) electrons. The summed E-state index contributed by atoms with van der Waals surface area (Å²) >= 11 is 3.31. The second-order valence-electron chi connectivity index (χ2n) is 5.01.